The average molecular weight is 415 g/mol. The van der Waals surface area contributed by atoms with Gasteiger partial charge in [-0.25, -0.2) is 0 Å². The summed E-state index contributed by atoms with van der Waals surface area (Å²) in [6.07, 6.45) is 2.18. The number of carbonyl (C=O) groups excluding carboxylic acids is 1. The fourth-order valence-corrected chi connectivity index (χ4v) is 3.49. The van der Waals surface area contributed by atoms with Gasteiger partial charge in [-0.2, -0.15) is 5.26 Å². The molecule has 0 aliphatic heterocycles. The minimum Gasteiger partial charge on any atom is -0.508 e. The van der Waals surface area contributed by atoms with Gasteiger partial charge in [-0.15, -0.1) is 0 Å². The molecule has 0 spiro atoms. The molecular formula is C25H25N3O3. The van der Waals surface area contributed by atoms with Crippen LogP contribution in [0.2, 0.25) is 0 Å². The Morgan fingerprint density at radius 1 is 1.19 bits per heavy atom. The summed E-state index contributed by atoms with van der Waals surface area (Å²) >= 11 is 0. The number of methoxy groups -OCH3 is 1. The number of aryl methyl sites for hydroxylation is 1. The van der Waals surface area contributed by atoms with Gasteiger partial charge in [0, 0.05) is 23.6 Å². The first-order valence-corrected chi connectivity index (χ1v) is 9.94. The first-order chi connectivity index (χ1) is 14.9. The molecule has 0 radical (unpaired) electrons. The summed E-state index contributed by atoms with van der Waals surface area (Å²) in [4.78, 5) is 12.5. The van der Waals surface area contributed by atoms with Crippen molar-refractivity contribution in [1.29, 1.82) is 5.26 Å². The molecule has 31 heavy (non-hydrogen) atoms. The number of nitrogens with zero attached hydrogens (tertiary/aromatic N) is 2. The number of ether oxygens (including phenoxy) is 1. The molecule has 3 rings (SSSR count). The van der Waals surface area contributed by atoms with Gasteiger partial charge >= 0.3 is 0 Å². The molecule has 0 aliphatic carbocycles. The Labute approximate surface area is 182 Å². The molecular weight excluding hydrogens is 390 g/mol. The summed E-state index contributed by atoms with van der Waals surface area (Å²) in [5, 5.41) is 21.8. The lowest BCUT2D eigenvalue weighted by Crippen LogP contribution is -2.26. The van der Waals surface area contributed by atoms with Crippen LogP contribution in [-0.2, 0) is 11.2 Å². The number of phenols is 1. The average Bonchev–Trinajstić information content (AvgIpc) is 3.04. The zero-order valence-electron chi connectivity index (χ0n) is 17.8. The molecule has 1 heterocycles. The van der Waals surface area contributed by atoms with Crippen LogP contribution in [0, 0.1) is 25.2 Å². The van der Waals surface area contributed by atoms with Crippen LogP contribution in [0.4, 0.5) is 0 Å². The van der Waals surface area contributed by atoms with Crippen molar-refractivity contribution >= 4 is 12.0 Å². The fraction of sp³-hybridized carbons (Fsp3) is 0.200. The first-order valence-electron chi connectivity index (χ1n) is 9.94. The maximum Gasteiger partial charge on any atom is 0.261 e. The minimum atomic E-state index is -0.420. The number of hydrogen-bond acceptors (Lipinski definition) is 4. The topological polar surface area (TPSA) is 87.3 Å². The van der Waals surface area contributed by atoms with E-state index in [-0.39, 0.29) is 11.3 Å². The van der Waals surface area contributed by atoms with Gasteiger partial charge in [0.1, 0.15) is 23.1 Å². The van der Waals surface area contributed by atoms with Crippen molar-refractivity contribution < 1.29 is 14.6 Å². The Bertz CT molecular complexity index is 1150. The summed E-state index contributed by atoms with van der Waals surface area (Å²) in [7, 11) is 1.63. The van der Waals surface area contributed by atoms with Gasteiger partial charge in [0.2, 0.25) is 0 Å². The van der Waals surface area contributed by atoms with Crippen molar-refractivity contribution in [1.82, 2.24) is 9.88 Å². The van der Waals surface area contributed by atoms with Crippen LogP contribution < -0.4 is 10.1 Å². The molecule has 6 nitrogen and oxygen atoms in total. The summed E-state index contributed by atoms with van der Waals surface area (Å²) in [6, 6.07) is 18.6. The Morgan fingerprint density at radius 2 is 1.94 bits per heavy atom. The zero-order chi connectivity index (χ0) is 22.4. The second kappa shape index (κ2) is 9.68. The SMILES string of the molecule is COc1ccc(-n2c(C)cc(/C=C(/C#N)C(=O)NCCc3cccc(O)c3)c2C)cc1. The molecule has 2 aromatic carbocycles. The molecule has 1 aromatic heterocycles. The molecule has 0 unspecified atom stereocenters. The maximum absolute atomic E-state index is 12.5. The van der Waals surface area contributed by atoms with Crippen LogP contribution in [0.3, 0.4) is 0 Å². The normalized spacial score (nSPS) is 11.1. The number of rotatable bonds is 7. The number of amides is 1. The van der Waals surface area contributed by atoms with Crippen LogP contribution in [-0.4, -0.2) is 29.2 Å². The molecule has 0 saturated carbocycles. The molecule has 158 valence electrons. The minimum absolute atomic E-state index is 0.0471. The molecule has 0 saturated heterocycles. The van der Waals surface area contributed by atoms with E-state index in [1.54, 1.807) is 31.4 Å². The number of hydrogen-bond donors (Lipinski definition) is 2. The highest BCUT2D eigenvalue weighted by atomic mass is 16.5. The lowest BCUT2D eigenvalue weighted by molar-refractivity contribution is -0.117. The Hall–Kier alpha value is -3.98. The standard InChI is InChI=1S/C25H25N3O3/c1-17-13-20(18(2)28(17)22-7-9-24(31-3)10-8-22)15-21(16-26)25(30)27-12-11-19-5-4-6-23(29)14-19/h4-10,13-15,29H,11-12H2,1-3H3,(H,27,30)/b21-15-. The molecule has 3 aromatic rings. The molecule has 0 bridgehead atoms. The van der Waals surface area contributed by atoms with Crippen molar-refractivity contribution in [3.8, 4) is 23.3 Å². The second-order valence-electron chi connectivity index (χ2n) is 7.21. The van der Waals surface area contributed by atoms with E-state index < -0.39 is 5.91 Å². The number of aromatic hydroxyl groups is 1. The molecule has 6 heteroatoms. The van der Waals surface area contributed by atoms with Crippen molar-refractivity contribution in [2.75, 3.05) is 13.7 Å². The summed E-state index contributed by atoms with van der Waals surface area (Å²) in [5.74, 6) is 0.547. The highest BCUT2D eigenvalue weighted by Gasteiger charge is 2.14. The van der Waals surface area contributed by atoms with Crippen molar-refractivity contribution in [3.63, 3.8) is 0 Å². The smallest absolute Gasteiger partial charge is 0.261 e. The number of nitrogens with one attached hydrogen (secondary N) is 1. The zero-order valence-corrected chi connectivity index (χ0v) is 17.8. The van der Waals surface area contributed by atoms with Crippen molar-refractivity contribution in [2.45, 2.75) is 20.3 Å². The van der Waals surface area contributed by atoms with Gasteiger partial charge in [0.25, 0.3) is 5.91 Å². The Morgan fingerprint density at radius 3 is 2.58 bits per heavy atom. The highest BCUT2D eigenvalue weighted by Crippen LogP contribution is 2.24. The Kier molecular flexibility index (Phi) is 6.78. The van der Waals surface area contributed by atoms with Crippen LogP contribution in [0.5, 0.6) is 11.5 Å². The van der Waals surface area contributed by atoms with Gasteiger partial charge in [0.15, 0.2) is 0 Å². The van der Waals surface area contributed by atoms with Gasteiger partial charge in [-0.1, -0.05) is 12.1 Å². The highest BCUT2D eigenvalue weighted by molar-refractivity contribution is 6.01. The molecule has 0 atom stereocenters. The number of benzene rings is 2. The quantitative estimate of drug-likeness (QED) is 0.450. The number of aromatic nitrogens is 1. The molecule has 1 amide bonds. The van der Waals surface area contributed by atoms with E-state index in [2.05, 4.69) is 9.88 Å². The predicted molar refractivity (Wildman–Crippen MR) is 120 cm³/mol. The third-order valence-electron chi connectivity index (χ3n) is 5.08. The van der Waals surface area contributed by atoms with Crippen LogP contribution >= 0.6 is 0 Å². The van der Waals surface area contributed by atoms with E-state index in [9.17, 15) is 15.2 Å². The number of nitriles is 1. The summed E-state index contributed by atoms with van der Waals surface area (Å²) < 4.78 is 7.29. The van der Waals surface area contributed by atoms with E-state index in [0.29, 0.717) is 13.0 Å². The first kappa shape index (κ1) is 21.7. The fourth-order valence-electron chi connectivity index (χ4n) is 3.49. The van der Waals surface area contributed by atoms with E-state index in [4.69, 9.17) is 4.74 Å². The maximum atomic E-state index is 12.5. The van der Waals surface area contributed by atoms with Gasteiger partial charge in [-0.3, -0.25) is 4.79 Å². The third-order valence-corrected chi connectivity index (χ3v) is 5.08. The van der Waals surface area contributed by atoms with Crippen LogP contribution in [0.15, 0.2) is 60.2 Å². The lowest BCUT2D eigenvalue weighted by atomic mass is 10.1. The van der Waals surface area contributed by atoms with Crippen molar-refractivity contribution in [2.24, 2.45) is 0 Å². The second-order valence-corrected chi connectivity index (χ2v) is 7.21. The Balaban J connectivity index is 1.75. The van der Waals surface area contributed by atoms with Gasteiger partial charge in [0.05, 0.1) is 7.11 Å². The van der Waals surface area contributed by atoms with Gasteiger partial charge < -0.3 is 19.7 Å². The number of phenolic OH excluding ortho intramolecular Hbond substituents is 1. The molecule has 0 fully saturated rings. The number of carbonyl (C=O) groups is 1. The van der Waals surface area contributed by atoms with E-state index in [1.807, 2.05) is 56.3 Å². The van der Waals surface area contributed by atoms with E-state index in [1.165, 1.54) is 0 Å². The largest absolute Gasteiger partial charge is 0.508 e. The van der Waals surface area contributed by atoms with E-state index in [0.717, 1.165) is 34.0 Å². The lowest BCUT2D eigenvalue weighted by Gasteiger charge is -2.10. The summed E-state index contributed by atoms with van der Waals surface area (Å²) in [6.45, 7) is 4.31. The third kappa shape index (κ3) is 5.14. The predicted octanol–water partition coefficient (Wildman–Crippen LogP) is 4.07. The molecule has 0 aliphatic rings. The van der Waals surface area contributed by atoms with Crippen LogP contribution in [0.25, 0.3) is 11.8 Å². The molecule has 2 N–H and O–H groups in total. The van der Waals surface area contributed by atoms with Crippen LogP contribution in [0.1, 0.15) is 22.5 Å². The monoisotopic (exact) mass is 415 g/mol. The van der Waals surface area contributed by atoms with Crippen molar-refractivity contribution in [3.05, 3.63) is 82.7 Å². The van der Waals surface area contributed by atoms with E-state index >= 15 is 0 Å². The van der Waals surface area contributed by atoms with Gasteiger partial charge in [-0.05, 0) is 79.9 Å². The summed E-state index contributed by atoms with van der Waals surface area (Å²) in [5.41, 5.74) is 4.67.